The van der Waals surface area contributed by atoms with E-state index in [4.69, 9.17) is 20.2 Å². The molecule has 1 aromatic rings. The van der Waals surface area contributed by atoms with Gasteiger partial charge in [0.25, 0.3) is 0 Å². The molecule has 4 rings (SSSR count). The van der Waals surface area contributed by atoms with Gasteiger partial charge >= 0.3 is 33.3 Å². The Kier molecular flexibility index (Phi) is 13.5. The van der Waals surface area contributed by atoms with Crippen molar-refractivity contribution in [2.24, 2.45) is 5.92 Å². The molecule has 7 heteroatoms. The van der Waals surface area contributed by atoms with Crippen molar-refractivity contribution in [1.29, 1.82) is 0 Å². The van der Waals surface area contributed by atoms with Gasteiger partial charge in [0, 0.05) is 52.4 Å². The van der Waals surface area contributed by atoms with Crippen LogP contribution in [-0.4, -0.2) is 91.6 Å². The topological polar surface area (TPSA) is 13.0 Å². The molecule has 3 atom stereocenters. The van der Waals surface area contributed by atoms with Crippen LogP contribution in [0.15, 0.2) is 54.6 Å². The Morgan fingerprint density at radius 1 is 0.727 bits per heavy atom. The van der Waals surface area contributed by atoms with Crippen molar-refractivity contribution >= 4 is 20.2 Å². The summed E-state index contributed by atoms with van der Waals surface area (Å²) in [7, 11) is 9.53. The Labute approximate surface area is 216 Å². The van der Waals surface area contributed by atoms with Gasteiger partial charge < -0.3 is 14.7 Å². The molecule has 0 spiro atoms. The molecule has 1 aromatic carbocycles. The zero-order valence-corrected chi connectivity index (χ0v) is 22.4. The number of rotatable bonds is 4. The van der Waals surface area contributed by atoms with E-state index in [0.29, 0.717) is 5.92 Å². The Hall–Kier alpha value is -0.361. The molecule has 33 heavy (non-hydrogen) atoms. The molecule has 186 valence electrons. The number of hydrogen-bond acceptors (Lipinski definition) is 4. The van der Waals surface area contributed by atoms with Gasteiger partial charge in [0.1, 0.15) is 0 Å². The average molecular weight is 535 g/mol. The van der Waals surface area contributed by atoms with Crippen LogP contribution in [0.25, 0.3) is 0 Å². The molecule has 2 heterocycles. The molecule has 0 aromatic heterocycles. The van der Waals surface area contributed by atoms with Crippen molar-refractivity contribution in [2.45, 2.75) is 25.8 Å². The van der Waals surface area contributed by atoms with Crippen molar-refractivity contribution in [3.63, 3.8) is 0 Å². The molecule has 2 saturated heterocycles. The summed E-state index contributed by atoms with van der Waals surface area (Å²) in [6.45, 7) is 14.5. The van der Waals surface area contributed by atoms with Crippen LogP contribution in [0.2, 0.25) is 0 Å². The third-order valence-corrected chi connectivity index (χ3v) is 6.91. The molecule has 0 radical (unpaired) electrons. The Morgan fingerprint density at radius 2 is 1.33 bits per heavy atom. The second kappa shape index (κ2) is 16.3. The average Bonchev–Trinajstić information content (AvgIpc) is 2.84. The van der Waals surface area contributed by atoms with Gasteiger partial charge in [0.05, 0.1) is 0 Å². The fourth-order valence-corrected chi connectivity index (χ4v) is 5.06. The molecule has 2 aliphatic heterocycles. The second-order valence-electron chi connectivity index (χ2n) is 9.31. The fourth-order valence-electron chi connectivity index (χ4n) is 5.06. The third-order valence-electron chi connectivity index (χ3n) is 6.91. The normalized spacial score (nSPS) is 27.6. The Morgan fingerprint density at radius 3 is 1.97 bits per heavy atom. The van der Waals surface area contributed by atoms with E-state index in [0.717, 1.165) is 6.54 Å². The quantitative estimate of drug-likeness (QED) is 0.518. The van der Waals surface area contributed by atoms with Gasteiger partial charge in [-0.15, -0.1) is 0 Å². The standard InChI is InChI=1S/C26H40N4.2ClH.Fe/c1-3-9-25(10-4-1)23-29-15-7-13-28-18-17-27(19-21-29)14-8-16-30(22-20-28)24-26-11-5-2-6-12-26;;;/h1-6,9-11,26H,7-8,12-24H2;2*1H;/q;;;+2/p-2. The molecular formula is C26H40Cl2FeN4. The van der Waals surface area contributed by atoms with Gasteiger partial charge in [0.15, 0.2) is 0 Å². The number of halogens is 2. The minimum atomic E-state index is 0.194. The van der Waals surface area contributed by atoms with Crippen LogP contribution in [0.5, 0.6) is 0 Å². The van der Waals surface area contributed by atoms with Gasteiger partial charge in [-0.3, -0.25) is 4.90 Å². The molecule has 2 fully saturated rings. The maximum atomic E-state index is 4.76. The van der Waals surface area contributed by atoms with E-state index in [-0.39, 0.29) is 13.1 Å². The summed E-state index contributed by atoms with van der Waals surface area (Å²) in [5.41, 5.74) is 1.45. The fraction of sp³-hybridized carbons (Fsp3) is 0.615. The first-order valence-electron chi connectivity index (χ1n) is 12.4. The summed E-state index contributed by atoms with van der Waals surface area (Å²) in [5.74, 6) is 0.702. The summed E-state index contributed by atoms with van der Waals surface area (Å²) in [6, 6.07) is 11.0. The van der Waals surface area contributed by atoms with Crippen LogP contribution in [-0.2, 0) is 19.7 Å². The van der Waals surface area contributed by atoms with E-state index in [9.17, 15) is 0 Å². The van der Waals surface area contributed by atoms with Gasteiger partial charge in [-0.25, -0.2) is 0 Å². The maximum absolute atomic E-state index is 4.76. The zero-order chi connectivity index (χ0) is 23.1. The Balaban J connectivity index is 0.000000968. The SMILES string of the molecule is C1=CCC(CN2CCCN3CCN(CCCN(Cc4ccccc4)CC3)CC2)C=C1.[Cl][Fe][Cl]. The predicted octanol–water partition coefficient (Wildman–Crippen LogP) is 4.71. The molecule has 4 nitrogen and oxygen atoms in total. The summed E-state index contributed by atoms with van der Waals surface area (Å²) in [6.07, 6.45) is 12.9. The van der Waals surface area contributed by atoms with Crippen LogP contribution in [0.1, 0.15) is 24.8 Å². The third kappa shape index (κ3) is 10.8. The number of hydrogen-bond donors (Lipinski definition) is 0. The van der Waals surface area contributed by atoms with Crippen LogP contribution >= 0.6 is 20.2 Å². The Bertz CT molecular complexity index is 703. The number of benzene rings is 1. The van der Waals surface area contributed by atoms with E-state index < -0.39 is 0 Å². The van der Waals surface area contributed by atoms with Crippen LogP contribution < -0.4 is 0 Å². The van der Waals surface area contributed by atoms with Crippen LogP contribution in [0.3, 0.4) is 0 Å². The minimum absolute atomic E-state index is 0.194. The van der Waals surface area contributed by atoms with Gasteiger partial charge in [0.2, 0.25) is 0 Å². The summed E-state index contributed by atoms with van der Waals surface area (Å²) in [5, 5.41) is 0. The zero-order valence-electron chi connectivity index (χ0n) is 19.8. The second-order valence-corrected chi connectivity index (χ2v) is 11.1. The predicted molar refractivity (Wildman–Crippen MR) is 138 cm³/mol. The number of nitrogens with zero attached hydrogens (tertiary/aromatic N) is 4. The number of fused-ring (bicyclic) bond motifs is 3. The van der Waals surface area contributed by atoms with Gasteiger partial charge in [-0.2, -0.15) is 0 Å². The first-order chi connectivity index (χ1) is 16.3. The number of allylic oxidation sites excluding steroid dienone is 3. The first-order valence-corrected chi connectivity index (χ1v) is 15.4. The molecule has 0 saturated carbocycles. The summed E-state index contributed by atoms with van der Waals surface area (Å²) >= 11 is 0.194. The van der Waals surface area contributed by atoms with Gasteiger partial charge in [-0.1, -0.05) is 54.6 Å². The molecule has 3 unspecified atom stereocenters. The van der Waals surface area contributed by atoms with E-state index in [1.54, 1.807) is 0 Å². The molecule has 3 aliphatic rings. The van der Waals surface area contributed by atoms with Crippen molar-refractivity contribution in [2.75, 3.05) is 72.0 Å². The van der Waals surface area contributed by atoms with Crippen molar-refractivity contribution in [3.8, 4) is 0 Å². The molecule has 2 bridgehead atoms. The van der Waals surface area contributed by atoms with Crippen LogP contribution in [0, 0.1) is 5.92 Å². The molecular weight excluding hydrogens is 495 g/mol. The molecule has 1 aliphatic carbocycles. The van der Waals surface area contributed by atoms with Crippen molar-refractivity contribution in [1.82, 2.24) is 19.6 Å². The monoisotopic (exact) mass is 534 g/mol. The molecule has 0 amide bonds. The molecule has 0 N–H and O–H groups in total. The summed E-state index contributed by atoms with van der Waals surface area (Å²) < 4.78 is 0. The van der Waals surface area contributed by atoms with E-state index in [1.807, 2.05) is 0 Å². The summed E-state index contributed by atoms with van der Waals surface area (Å²) in [4.78, 5) is 10.9. The first kappa shape index (κ1) is 27.2. The van der Waals surface area contributed by atoms with E-state index in [2.05, 4.69) is 74.2 Å². The van der Waals surface area contributed by atoms with Crippen LogP contribution in [0.4, 0.5) is 0 Å². The van der Waals surface area contributed by atoms with Crippen molar-refractivity contribution in [3.05, 3.63) is 60.2 Å². The van der Waals surface area contributed by atoms with E-state index in [1.165, 1.54) is 96.8 Å². The van der Waals surface area contributed by atoms with Gasteiger partial charge in [-0.05, 0) is 56.9 Å². The van der Waals surface area contributed by atoms with E-state index >= 15 is 0 Å². The van der Waals surface area contributed by atoms with Crippen molar-refractivity contribution < 1.29 is 13.1 Å².